The lowest BCUT2D eigenvalue weighted by Gasteiger charge is -2.13. The Labute approximate surface area is 113 Å². The molecule has 0 unspecified atom stereocenters. The fraction of sp³-hybridized carbons (Fsp3) is 0.500. The Bertz CT molecular complexity index is 472. The lowest BCUT2D eigenvalue weighted by molar-refractivity contribution is 0.0587. The van der Waals surface area contributed by atoms with Crippen LogP contribution in [0.3, 0.4) is 0 Å². The van der Waals surface area contributed by atoms with E-state index in [1.807, 2.05) is 0 Å². The highest BCUT2D eigenvalue weighted by Crippen LogP contribution is 2.19. The molecule has 0 atom stereocenters. The van der Waals surface area contributed by atoms with Gasteiger partial charge in [0, 0.05) is 12.7 Å². The number of rotatable bonds is 5. The van der Waals surface area contributed by atoms with Gasteiger partial charge in [-0.25, -0.2) is 14.8 Å². The highest BCUT2D eigenvalue weighted by Gasteiger charge is 2.09. The fourth-order valence-electron chi connectivity index (χ4n) is 2.13. The van der Waals surface area contributed by atoms with Gasteiger partial charge in [0.2, 0.25) is 5.82 Å². The molecular weight excluding hydrogens is 242 g/mol. The van der Waals surface area contributed by atoms with Crippen molar-refractivity contribution in [2.45, 2.75) is 32.1 Å². The summed E-state index contributed by atoms with van der Waals surface area (Å²) in [7, 11) is 1.32. The molecule has 0 fully saturated rings. The summed E-state index contributed by atoms with van der Waals surface area (Å²) in [6.45, 7) is 0.823. The molecule has 1 aliphatic carbocycles. The molecule has 5 nitrogen and oxygen atoms in total. The topological polar surface area (TPSA) is 64.1 Å². The molecule has 1 N–H and O–H groups in total. The summed E-state index contributed by atoms with van der Waals surface area (Å²) in [5, 5.41) is 3.21. The van der Waals surface area contributed by atoms with E-state index in [0.717, 1.165) is 13.0 Å². The summed E-state index contributed by atoms with van der Waals surface area (Å²) in [4.78, 5) is 19.3. The van der Waals surface area contributed by atoms with Gasteiger partial charge in [-0.3, -0.25) is 0 Å². The highest BCUT2D eigenvalue weighted by atomic mass is 16.5. The van der Waals surface area contributed by atoms with Crippen LogP contribution in [-0.2, 0) is 4.74 Å². The molecule has 1 aromatic rings. The minimum absolute atomic E-state index is 0.0874. The smallest absolute Gasteiger partial charge is 0.376 e. The summed E-state index contributed by atoms with van der Waals surface area (Å²) in [5.41, 5.74) is 1.51. The Morgan fingerprint density at radius 2 is 2.37 bits per heavy atom. The largest absolute Gasteiger partial charge is 0.463 e. The molecule has 0 bridgehead atoms. The van der Waals surface area contributed by atoms with E-state index in [1.165, 1.54) is 38.4 Å². The second-order valence-electron chi connectivity index (χ2n) is 4.54. The average Bonchev–Trinajstić information content (AvgIpc) is 2.48. The van der Waals surface area contributed by atoms with Gasteiger partial charge in [0.05, 0.1) is 7.11 Å². The number of esters is 1. The van der Waals surface area contributed by atoms with Gasteiger partial charge < -0.3 is 10.1 Å². The molecule has 5 heteroatoms. The van der Waals surface area contributed by atoms with Crippen molar-refractivity contribution in [3.05, 3.63) is 29.7 Å². The highest BCUT2D eigenvalue weighted by molar-refractivity contribution is 5.85. The van der Waals surface area contributed by atoms with Crippen molar-refractivity contribution in [2.75, 3.05) is 19.0 Å². The molecule has 0 amide bonds. The van der Waals surface area contributed by atoms with E-state index in [0.29, 0.717) is 5.82 Å². The van der Waals surface area contributed by atoms with Crippen molar-refractivity contribution in [3.8, 4) is 0 Å². The third-order valence-corrected chi connectivity index (χ3v) is 3.16. The zero-order chi connectivity index (χ0) is 13.5. The zero-order valence-corrected chi connectivity index (χ0v) is 11.2. The average molecular weight is 261 g/mol. The molecule has 19 heavy (non-hydrogen) atoms. The second-order valence-corrected chi connectivity index (χ2v) is 4.54. The first-order valence-electron chi connectivity index (χ1n) is 6.63. The van der Waals surface area contributed by atoms with Crippen LogP contribution < -0.4 is 5.32 Å². The molecule has 0 saturated heterocycles. The van der Waals surface area contributed by atoms with Crippen LogP contribution in [0.5, 0.6) is 0 Å². The molecule has 0 radical (unpaired) electrons. The normalized spacial score (nSPS) is 14.7. The summed E-state index contributed by atoms with van der Waals surface area (Å²) in [6.07, 6.45) is 9.94. The number of methoxy groups -OCH3 is 1. The maximum absolute atomic E-state index is 11.3. The molecule has 0 saturated carbocycles. The molecule has 1 heterocycles. The van der Waals surface area contributed by atoms with Gasteiger partial charge in [-0.2, -0.15) is 0 Å². The molecule has 0 aromatic carbocycles. The molecule has 0 aliphatic heterocycles. The van der Waals surface area contributed by atoms with Gasteiger partial charge in [-0.15, -0.1) is 0 Å². The van der Waals surface area contributed by atoms with E-state index < -0.39 is 5.97 Å². The van der Waals surface area contributed by atoms with E-state index in [1.54, 1.807) is 12.3 Å². The molecule has 102 valence electrons. The first-order chi connectivity index (χ1) is 9.29. The third-order valence-electron chi connectivity index (χ3n) is 3.16. The Morgan fingerprint density at radius 1 is 1.47 bits per heavy atom. The van der Waals surface area contributed by atoms with E-state index in [2.05, 4.69) is 26.1 Å². The zero-order valence-electron chi connectivity index (χ0n) is 11.2. The van der Waals surface area contributed by atoms with Gasteiger partial charge in [0.15, 0.2) is 0 Å². The van der Waals surface area contributed by atoms with Crippen molar-refractivity contribution in [1.29, 1.82) is 0 Å². The molecule has 1 aromatic heterocycles. The summed E-state index contributed by atoms with van der Waals surface area (Å²) in [6, 6.07) is 1.75. The Kier molecular flexibility index (Phi) is 4.89. The minimum Gasteiger partial charge on any atom is -0.463 e. The van der Waals surface area contributed by atoms with Crippen molar-refractivity contribution < 1.29 is 9.53 Å². The van der Waals surface area contributed by atoms with E-state index in [-0.39, 0.29) is 5.82 Å². The van der Waals surface area contributed by atoms with Crippen LogP contribution in [0.15, 0.2) is 23.9 Å². The van der Waals surface area contributed by atoms with E-state index in [4.69, 9.17) is 0 Å². The molecular formula is C14H19N3O2. The lowest BCUT2D eigenvalue weighted by Crippen LogP contribution is -2.11. The van der Waals surface area contributed by atoms with Crippen molar-refractivity contribution >= 4 is 11.8 Å². The van der Waals surface area contributed by atoms with Gasteiger partial charge in [0.25, 0.3) is 0 Å². The Hall–Kier alpha value is -1.91. The van der Waals surface area contributed by atoms with Gasteiger partial charge in [-0.05, 0) is 38.2 Å². The minimum atomic E-state index is -0.515. The summed E-state index contributed by atoms with van der Waals surface area (Å²) >= 11 is 0. The first kappa shape index (κ1) is 13.5. The van der Waals surface area contributed by atoms with Crippen molar-refractivity contribution in [3.63, 3.8) is 0 Å². The lowest BCUT2D eigenvalue weighted by atomic mass is 9.97. The number of ether oxygens (including phenoxy) is 1. The van der Waals surface area contributed by atoms with Crippen LogP contribution in [0.2, 0.25) is 0 Å². The number of carbonyl (C=O) groups is 1. The second kappa shape index (κ2) is 6.87. The Morgan fingerprint density at radius 3 is 3.11 bits per heavy atom. The SMILES string of the molecule is COC(=O)c1nccc(NCCC2=CCCCC2)n1. The number of hydrogen-bond acceptors (Lipinski definition) is 5. The predicted molar refractivity (Wildman–Crippen MR) is 73.0 cm³/mol. The third kappa shape index (κ3) is 4.05. The number of anilines is 1. The van der Waals surface area contributed by atoms with E-state index >= 15 is 0 Å². The number of nitrogens with one attached hydrogen (secondary N) is 1. The number of aromatic nitrogens is 2. The van der Waals surface area contributed by atoms with Crippen molar-refractivity contribution in [2.24, 2.45) is 0 Å². The first-order valence-corrected chi connectivity index (χ1v) is 6.63. The quantitative estimate of drug-likeness (QED) is 0.652. The monoisotopic (exact) mass is 261 g/mol. The van der Waals surface area contributed by atoms with Crippen LogP contribution in [0.1, 0.15) is 42.7 Å². The maximum Gasteiger partial charge on any atom is 0.376 e. The van der Waals surface area contributed by atoms with Crippen LogP contribution >= 0.6 is 0 Å². The number of nitrogens with zero attached hydrogens (tertiary/aromatic N) is 2. The molecule has 0 spiro atoms. The van der Waals surface area contributed by atoms with Crippen LogP contribution in [0.25, 0.3) is 0 Å². The predicted octanol–water partition coefficient (Wildman–Crippen LogP) is 2.57. The van der Waals surface area contributed by atoms with Gasteiger partial charge in [0.1, 0.15) is 5.82 Å². The summed E-state index contributed by atoms with van der Waals surface area (Å²) in [5.74, 6) is 0.231. The summed E-state index contributed by atoms with van der Waals surface area (Å²) < 4.78 is 4.59. The number of hydrogen-bond donors (Lipinski definition) is 1. The maximum atomic E-state index is 11.3. The van der Waals surface area contributed by atoms with Crippen LogP contribution in [0, 0.1) is 0 Å². The number of carbonyl (C=O) groups excluding carboxylic acids is 1. The van der Waals surface area contributed by atoms with Gasteiger partial charge in [-0.1, -0.05) is 11.6 Å². The van der Waals surface area contributed by atoms with E-state index in [9.17, 15) is 4.79 Å². The molecule has 1 aliphatic rings. The fourth-order valence-corrected chi connectivity index (χ4v) is 2.13. The Balaban J connectivity index is 1.85. The standard InChI is InChI=1S/C14H19N3O2/c1-19-14(18)13-16-10-8-12(17-13)15-9-7-11-5-3-2-4-6-11/h5,8,10H,2-4,6-7,9H2,1H3,(H,15,16,17). The number of allylic oxidation sites excluding steroid dienone is 1. The van der Waals surface area contributed by atoms with Crippen LogP contribution in [-0.4, -0.2) is 29.6 Å². The van der Waals surface area contributed by atoms with Gasteiger partial charge >= 0.3 is 5.97 Å². The van der Waals surface area contributed by atoms with Crippen molar-refractivity contribution in [1.82, 2.24) is 9.97 Å². The molecule has 2 rings (SSSR count). The van der Waals surface area contributed by atoms with Crippen LogP contribution in [0.4, 0.5) is 5.82 Å².